The average Bonchev–Trinajstić information content (AvgIpc) is 2.89. The van der Waals surface area contributed by atoms with Crippen molar-refractivity contribution >= 4 is 29.1 Å². The van der Waals surface area contributed by atoms with Gasteiger partial charge in [0.25, 0.3) is 5.91 Å². The molecule has 2 unspecified atom stereocenters. The first kappa shape index (κ1) is 25.7. The highest BCUT2D eigenvalue weighted by Crippen LogP contribution is 2.31. The fourth-order valence-corrected chi connectivity index (χ4v) is 5.80. The number of benzene rings is 1. The highest BCUT2D eigenvalue weighted by atomic mass is 35.5. The van der Waals surface area contributed by atoms with Gasteiger partial charge in [-0.1, -0.05) is 49.7 Å². The van der Waals surface area contributed by atoms with Crippen molar-refractivity contribution in [2.45, 2.75) is 64.6 Å². The van der Waals surface area contributed by atoms with Crippen molar-refractivity contribution in [3.63, 3.8) is 0 Å². The zero-order valence-electron chi connectivity index (χ0n) is 21.1. The van der Waals surface area contributed by atoms with Crippen LogP contribution in [0.4, 0.5) is 11.6 Å². The molecule has 0 aliphatic carbocycles. The van der Waals surface area contributed by atoms with E-state index in [2.05, 4.69) is 69.7 Å². The van der Waals surface area contributed by atoms with Gasteiger partial charge in [0.05, 0.1) is 0 Å². The number of halogens is 1. The van der Waals surface area contributed by atoms with E-state index in [1.54, 1.807) is 0 Å². The molecule has 3 heterocycles. The number of hydrogen-bond donors (Lipinski definition) is 2. The second-order valence-corrected chi connectivity index (χ2v) is 10.1. The molecular weight excluding hydrogens is 462 g/mol. The molecule has 1 aromatic carbocycles. The van der Waals surface area contributed by atoms with Gasteiger partial charge in [-0.2, -0.15) is 0 Å². The summed E-state index contributed by atoms with van der Waals surface area (Å²) in [6.45, 7) is 11.5. The lowest BCUT2D eigenvalue weighted by Crippen LogP contribution is -2.58. The molecule has 4 N–H and O–H groups in total. The zero-order chi connectivity index (χ0) is 25.1. The van der Waals surface area contributed by atoms with Gasteiger partial charge >= 0.3 is 0 Å². The minimum atomic E-state index is -0.724. The molecule has 4 rings (SSSR count). The van der Waals surface area contributed by atoms with E-state index in [1.807, 2.05) is 0 Å². The Labute approximate surface area is 213 Å². The first-order valence-corrected chi connectivity index (χ1v) is 13.2. The molecule has 1 amide bonds. The summed E-state index contributed by atoms with van der Waals surface area (Å²) in [7, 11) is 0. The number of aromatic nitrogens is 2. The second kappa shape index (κ2) is 11.1. The van der Waals surface area contributed by atoms with Crippen LogP contribution >= 0.6 is 11.6 Å². The first-order chi connectivity index (χ1) is 16.8. The third kappa shape index (κ3) is 5.55. The van der Waals surface area contributed by atoms with Crippen LogP contribution in [-0.4, -0.2) is 70.5 Å². The van der Waals surface area contributed by atoms with E-state index in [-0.39, 0.29) is 16.7 Å². The van der Waals surface area contributed by atoms with Gasteiger partial charge in [0.1, 0.15) is 0 Å². The number of amides is 1. The fourth-order valence-electron chi connectivity index (χ4n) is 5.55. The van der Waals surface area contributed by atoms with E-state index in [0.29, 0.717) is 23.9 Å². The third-order valence-corrected chi connectivity index (χ3v) is 8.04. The van der Waals surface area contributed by atoms with Crippen LogP contribution in [0.1, 0.15) is 67.7 Å². The molecular formula is C26H38ClN7O. The van der Waals surface area contributed by atoms with Gasteiger partial charge in [-0.3, -0.25) is 14.6 Å². The molecule has 2 saturated heterocycles. The Balaban J connectivity index is 1.37. The SMILES string of the molecule is CCc1ccc(C(C)N2CCC(N3CCN(c4nc(N)c(C(N)=O)nc4Cl)CC3CC)CC2)cc1. The van der Waals surface area contributed by atoms with Crippen LogP contribution < -0.4 is 16.4 Å². The summed E-state index contributed by atoms with van der Waals surface area (Å²) in [5, 5.41) is 0.172. The summed E-state index contributed by atoms with van der Waals surface area (Å²) in [4.78, 5) is 27.4. The van der Waals surface area contributed by atoms with Crippen molar-refractivity contribution < 1.29 is 4.79 Å². The molecule has 2 atom stereocenters. The van der Waals surface area contributed by atoms with Crippen LogP contribution in [0.5, 0.6) is 0 Å². The predicted octanol–water partition coefficient (Wildman–Crippen LogP) is 3.50. The number of rotatable bonds is 7. The number of likely N-dealkylation sites (tertiary alicyclic amines) is 1. The molecule has 9 heteroatoms. The number of piperidine rings is 1. The third-order valence-electron chi connectivity index (χ3n) is 7.78. The van der Waals surface area contributed by atoms with Crippen molar-refractivity contribution in [3.8, 4) is 0 Å². The van der Waals surface area contributed by atoms with E-state index >= 15 is 0 Å². The van der Waals surface area contributed by atoms with E-state index in [9.17, 15) is 4.79 Å². The highest BCUT2D eigenvalue weighted by Gasteiger charge is 2.35. The molecule has 190 valence electrons. The van der Waals surface area contributed by atoms with Crippen molar-refractivity contribution in [1.82, 2.24) is 19.8 Å². The molecule has 0 bridgehead atoms. The number of carbonyl (C=O) groups is 1. The van der Waals surface area contributed by atoms with E-state index < -0.39 is 5.91 Å². The number of carbonyl (C=O) groups excluding carboxylic acids is 1. The number of nitrogens with zero attached hydrogens (tertiary/aromatic N) is 5. The standard InChI is InChI=1S/C26H38ClN7O/c1-4-18-6-8-19(9-7-18)17(3)32-12-10-21(11-13-32)34-15-14-33(16-20(34)5-2)26-23(27)30-22(25(29)35)24(28)31-26/h6-9,17,20-21H,4-5,10-16H2,1-3H3,(H2,28,31)(H2,29,35). The highest BCUT2D eigenvalue weighted by molar-refractivity contribution is 6.32. The molecule has 2 fully saturated rings. The Hall–Kier alpha value is -2.42. The molecule has 0 radical (unpaired) electrons. The Morgan fingerprint density at radius 3 is 2.40 bits per heavy atom. The summed E-state index contributed by atoms with van der Waals surface area (Å²) in [6, 6.07) is 10.5. The van der Waals surface area contributed by atoms with Gasteiger partial charge in [0.15, 0.2) is 22.5 Å². The largest absolute Gasteiger partial charge is 0.382 e. The lowest BCUT2D eigenvalue weighted by Gasteiger charge is -2.48. The maximum Gasteiger partial charge on any atom is 0.271 e. The number of piperazine rings is 1. The second-order valence-electron chi connectivity index (χ2n) is 9.72. The maximum absolute atomic E-state index is 11.5. The van der Waals surface area contributed by atoms with Crippen LogP contribution in [0.25, 0.3) is 0 Å². The topological polar surface area (TPSA) is 105 Å². The van der Waals surface area contributed by atoms with Gasteiger partial charge in [-0.05, 0) is 43.7 Å². The van der Waals surface area contributed by atoms with Crippen molar-refractivity contribution in [2.24, 2.45) is 5.73 Å². The summed E-state index contributed by atoms with van der Waals surface area (Å²) in [5.74, 6) is -0.165. The molecule has 2 aromatic rings. The van der Waals surface area contributed by atoms with Crippen molar-refractivity contribution in [3.05, 3.63) is 46.2 Å². The van der Waals surface area contributed by atoms with E-state index in [0.717, 1.165) is 45.6 Å². The number of anilines is 2. The summed E-state index contributed by atoms with van der Waals surface area (Å²) in [6.07, 6.45) is 4.47. The van der Waals surface area contributed by atoms with E-state index in [4.69, 9.17) is 23.1 Å². The van der Waals surface area contributed by atoms with Crippen LogP contribution in [0.2, 0.25) is 5.15 Å². The van der Waals surface area contributed by atoms with Gasteiger partial charge in [0.2, 0.25) is 0 Å². The predicted molar refractivity (Wildman–Crippen MR) is 142 cm³/mol. The quantitative estimate of drug-likeness (QED) is 0.600. The first-order valence-electron chi connectivity index (χ1n) is 12.8. The number of nitrogen functional groups attached to an aromatic ring is 1. The number of primary amides is 1. The minimum absolute atomic E-state index is 0.0261. The van der Waals surface area contributed by atoms with Crippen molar-refractivity contribution in [2.75, 3.05) is 43.4 Å². The number of aryl methyl sites for hydroxylation is 1. The maximum atomic E-state index is 11.5. The summed E-state index contributed by atoms with van der Waals surface area (Å²) < 4.78 is 0. The normalized spacial score (nSPS) is 21.3. The van der Waals surface area contributed by atoms with Crippen LogP contribution in [0.3, 0.4) is 0 Å². The van der Waals surface area contributed by atoms with E-state index in [1.165, 1.54) is 24.0 Å². The van der Waals surface area contributed by atoms with Gasteiger partial charge in [-0.15, -0.1) is 0 Å². The minimum Gasteiger partial charge on any atom is -0.382 e. The average molecular weight is 500 g/mol. The number of hydrogen-bond acceptors (Lipinski definition) is 7. The van der Waals surface area contributed by atoms with Crippen LogP contribution in [0, 0.1) is 0 Å². The molecule has 0 spiro atoms. The molecule has 0 saturated carbocycles. The van der Waals surface area contributed by atoms with Crippen molar-refractivity contribution in [1.29, 1.82) is 0 Å². The lowest BCUT2D eigenvalue weighted by molar-refractivity contribution is 0.0515. The van der Waals surface area contributed by atoms with Crippen LogP contribution in [0.15, 0.2) is 24.3 Å². The monoisotopic (exact) mass is 499 g/mol. The smallest absolute Gasteiger partial charge is 0.271 e. The number of nitrogens with two attached hydrogens (primary N) is 2. The Bertz CT molecular complexity index is 1020. The lowest BCUT2D eigenvalue weighted by atomic mass is 9.96. The van der Waals surface area contributed by atoms with Crippen LogP contribution in [-0.2, 0) is 6.42 Å². The Morgan fingerprint density at radius 2 is 1.80 bits per heavy atom. The van der Waals surface area contributed by atoms with Gasteiger partial charge in [-0.25, -0.2) is 9.97 Å². The zero-order valence-corrected chi connectivity index (χ0v) is 21.8. The van der Waals surface area contributed by atoms with Gasteiger partial charge in [0, 0.05) is 50.8 Å². The molecule has 2 aliphatic heterocycles. The summed E-state index contributed by atoms with van der Waals surface area (Å²) in [5.41, 5.74) is 14.0. The molecule has 35 heavy (non-hydrogen) atoms. The Morgan fingerprint density at radius 1 is 1.11 bits per heavy atom. The molecule has 8 nitrogen and oxygen atoms in total. The Kier molecular flexibility index (Phi) is 8.14. The van der Waals surface area contributed by atoms with Gasteiger partial charge < -0.3 is 16.4 Å². The summed E-state index contributed by atoms with van der Waals surface area (Å²) >= 11 is 6.37. The fraction of sp³-hybridized carbons (Fsp3) is 0.577. The molecule has 1 aromatic heterocycles. The molecule has 2 aliphatic rings.